The third-order valence-electron chi connectivity index (χ3n) is 4.14. The Balaban J connectivity index is 1.64. The number of H-pyrrole nitrogens is 1. The van der Waals surface area contributed by atoms with Crippen LogP contribution in [0.1, 0.15) is 36.2 Å². The normalized spacial score (nSPS) is 28.6. The van der Waals surface area contributed by atoms with Gasteiger partial charge in [0.2, 0.25) is 0 Å². The van der Waals surface area contributed by atoms with Gasteiger partial charge in [-0.3, -0.25) is 9.89 Å². The van der Waals surface area contributed by atoms with Crippen LogP contribution >= 0.6 is 0 Å². The summed E-state index contributed by atoms with van der Waals surface area (Å²) in [7, 11) is 0. The van der Waals surface area contributed by atoms with E-state index in [1.54, 1.807) is 12.3 Å². The maximum atomic E-state index is 12.3. The molecular weight excluding hydrogens is 228 g/mol. The third kappa shape index (κ3) is 2.27. The van der Waals surface area contributed by atoms with Crippen LogP contribution in [-0.4, -0.2) is 46.7 Å². The van der Waals surface area contributed by atoms with Gasteiger partial charge in [-0.2, -0.15) is 5.10 Å². The van der Waals surface area contributed by atoms with Gasteiger partial charge in [-0.1, -0.05) is 0 Å². The van der Waals surface area contributed by atoms with E-state index in [0.29, 0.717) is 17.7 Å². The molecule has 1 aromatic rings. The van der Waals surface area contributed by atoms with Crippen molar-refractivity contribution in [2.75, 3.05) is 19.6 Å². The van der Waals surface area contributed by atoms with Gasteiger partial charge in [-0.15, -0.1) is 0 Å². The van der Waals surface area contributed by atoms with Crippen LogP contribution in [0, 0.1) is 5.92 Å². The maximum absolute atomic E-state index is 12.3. The highest BCUT2D eigenvalue weighted by molar-refractivity contribution is 5.92. The fraction of sp³-hybridized carbons (Fsp3) is 0.692. The Bertz CT molecular complexity index is 397. The summed E-state index contributed by atoms with van der Waals surface area (Å²) in [6.07, 6.45) is 6.52. The highest BCUT2D eigenvalue weighted by Crippen LogP contribution is 2.25. The van der Waals surface area contributed by atoms with E-state index in [0.717, 1.165) is 26.1 Å². The Labute approximate surface area is 107 Å². The lowest BCUT2D eigenvalue weighted by Crippen LogP contribution is -2.46. The van der Waals surface area contributed by atoms with Gasteiger partial charge in [-0.25, -0.2) is 0 Å². The zero-order chi connectivity index (χ0) is 12.4. The summed E-state index contributed by atoms with van der Waals surface area (Å²) < 4.78 is 0. The second kappa shape index (κ2) is 5.10. The van der Waals surface area contributed by atoms with Crippen LogP contribution in [0.25, 0.3) is 0 Å². The molecule has 0 saturated carbocycles. The lowest BCUT2D eigenvalue weighted by Gasteiger charge is -2.35. The Morgan fingerprint density at radius 1 is 1.39 bits per heavy atom. The van der Waals surface area contributed by atoms with Gasteiger partial charge in [0.1, 0.15) is 5.69 Å². The van der Waals surface area contributed by atoms with Gasteiger partial charge in [0, 0.05) is 25.3 Å². The largest absolute Gasteiger partial charge is 0.337 e. The molecule has 1 amide bonds. The standard InChI is InChI=1S/C13H20N4O/c18-13(12-5-7-15-16-12)17-8-2-3-10(9-17)11-4-1-6-14-11/h5,7,10-11,14H,1-4,6,8-9H2,(H,15,16). The lowest BCUT2D eigenvalue weighted by atomic mass is 9.89. The van der Waals surface area contributed by atoms with Gasteiger partial charge in [0.25, 0.3) is 5.91 Å². The topological polar surface area (TPSA) is 61.0 Å². The quantitative estimate of drug-likeness (QED) is 0.821. The molecule has 3 rings (SSSR count). The molecule has 0 bridgehead atoms. The maximum Gasteiger partial charge on any atom is 0.271 e. The van der Waals surface area contributed by atoms with Crippen molar-refractivity contribution in [1.29, 1.82) is 0 Å². The minimum Gasteiger partial charge on any atom is -0.337 e. The van der Waals surface area contributed by atoms with Crippen LogP contribution in [0.2, 0.25) is 0 Å². The molecule has 2 fully saturated rings. The van der Waals surface area contributed by atoms with E-state index < -0.39 is 0 Å². The molecule has 3 heterocycles. The molecule has 1 aromatic heterocycles. The smallest absolute Gasteiger partial charge is 0.271 e. The number of amides is 1. The van der Waals surface area contributed by atoms with Crippen molar-refractivity contribution in [3.63, 3.8) is 0 Å². The molecule has 2 aliphatic rings. The van der Waals surface area contributed by atoms with E-state index >= 15 is 0 Å². The molecule has 2 N–H and O–H groups in total. The number of rotatable bonds is 2. The number of aromatic nitrogens is 2. The Morgan fingerprint density at radius 2 is 2.33 bits per heavy atom. The molecule has 5 heteroatoms. The molecule has 98 valence electrons. The molecule has 2 saturated heterocycles. The van der Waals surface area contributed by atoms with Gasteiger partial charge in [-0.05, 0) is 44.2 Å². The van der Waals surface area contributed by atoms with Crippen molar-refractivity contribution in [3.8, 4) is 0 Å². The molecule has 18 heavy (non-hydrogen) atoms. The molecule has 2 atom stereocenters. The summed E-state index contributed by atoms with van der Waals surface area (Å²) in [4.78, 5) is 14.2. The summed E-state index contributed by atoms with van der Waals surface area (Å²) in [5.41, 5.74) is 0.607. The molecule has 0 aromatic carbocycles. The van der Waals surface area contributed by atoms with Gasteiger partial charge in [0.15, 0.2) is 0 Å². The van der Waals surface area contributed by atoms with Crippen LogP contribution in [0.15, 0.2) is 12.3 Å². The number of aromatic amines is 1. The first-order valence-corrected chi connectivity index (χ1v) is 6.86. The van der Waals surface area contributed by atoms with E-state index in [1.165, 1.54) is 19.3 Å². The zero-order valence-corrected chi connectivity index (χ0v) is 10.6. The van der Waals surface area contributed by atoms with Gasteiger partial charge >= 0.3 is 0 Å². The van der Waals surface area contributed by atoms with Crippen LogP contribution in [-0.2, 0) is 0 Å². The number of nitrogens with zero attached hydrogens (tertiary/aromatic N) is 2. The first kappa shape index (κ1) is 11.7. The van der Waals surface area contributed by atoms with Crippen LogP contribution in [0.3, 0.4) is 0 Å². The Morgan fingerprint density at radius 3 is 3.06 bits per heavy atom. The fourth-order valence-corrected chi connectivity index (χ4v) is 3.18. The van der Waals surface area contributed by atoms with E-state index in [-0.39, 0.29) is 5.91 Å². The first-order chi connectivity index (χ1) is 8.84. The summed E-state index contributed by atoms with van der Waals surface area (Å²) in [6.45, 7) is 2.90. The Hall–Kier alpha value is -1.36. The number of carbonyl (C=O) groups excluding carboxylic acids is 1. The summed E-state index contributed by atoms with van der Waals surface area (Å²) in [5.74, 6) is 0.711. The van der Waals surface area contributed by atoms with Crippen molar-refractivity contribution >= 4 is 5.91 Å². The van der Waals surface area contributed by atoms with Gasteiger partial charge in [0.05, 0.1) is 0 Å². The summed E-state index contributed by atoms with van der Waals surface area (Å²) >= 11 is 0. The lowest BCUT2D eigenvalue weighted by molar-refractivity contribution is 0.0645. The van der Waals surface area contributed by atoms with E-state index in [4.69, 9.17) is 0 Å². The molecule has 0 aliphatic carbocycles. The van der Waals surface area contributed by atoms with E-state index in [2.05, 4.69) is 15.5 Å². The fourth-order valence-electron chi connectivity index (χ4n) is 3.18. The number of hydrogen-bond donors (Lipinski definition) is 2. The van der Waals surface area contributed by atoms with E-state index in [9.17, 15) is 4.79 Å². The minimum atomic E-state index is 0.0928. The first-order valence-electron chi connectivity index (χ1n) is 6.86. The molecular formula is C13H20N4O. The Kier molecular flexibility index (Phi) is 3.32. The number of piperidine rings is 1. The minimum absolute atomic E-state index is 0.0928. The number of nitrogens with one attached hydrogen (secondary N) is 2. The molecule has 2 unspecified atom stereocenters. The van der Waals surface area contributed by atoms with Crippen molar-refractivity contribution in [2.24, 2.45) is 5.92 Å². The second-order valence-corrected chi connectivity index (χ2v) is 5.33. The zero-order valence-electron chi connectivity index (χ0n) is 10.6. The van der Waals surface area contributed by atoms with Crippen LogP contribution in [0.4, 0.5) is 0 Å². The average molecular weight is 248 g/mol. The molecule has 0 spiro atoms. The van der Waals surface area contributed by atoms with Gasteiger partial charge < -0.3 is 10.2 Å². The predicted molar refractivity (Wildman–Crippen MR) is 68.2 cm³/mol. The van der Waals surface area contributed by atoms with Crippen molar-refractivity contribution in [3.05, 3.63) is 18.0 Å². The SMILES string of the molecule is O=C(c1ccn[nH]1)N1CCCC(C2CCCN2)C1. The predicted octanol–water partition coefficient (Wildman–Crippen LogP) is 1.01. The van der Waals surface area contributed by atoms with E-state index in [1.807, 2.05) is 4.90 Å². The average Bonchev–Trinajstić information content (AvgIpc) is 3.11. The second-order valence-electron chi connectivity index (χ2n) is 5.33. The van der Waals surface area contributed by atoms with Crippen molar-refractivity contribution in [2.45, 2.75) is 31.7 Å². The molecule has 0 radical (unpaired) electrons. The highest BCUT2D eigenvalue weighted by Gasteiger charge is 2.31. The summed E-state index contributed by atoms with van der Waals surface area (Å²) in [5, 5.41) is 10.2. The van der Waals surface area contributed by atoms with Crippen LogP contribution in [0.5, 0.6) is 0 Å². The summed E-state index contributed by atoms with van der Waals surface area (Å²) in [6, 6.07) is 2.36. The monoisotopic (exact) mass is 248 g/mol. The molecule has 5 nitrogen and oxygen atoms in total. The third-order valence-corrected chi connectivity index (χ3v) is 4.14. The van der Waals surface area contributed by atoms with Crippen molar-refractivity contribution < 1.29 is 4.79 Å². The molecule has 2 aliphatic heterocycles. The number of carbonyl (C=O) groups is 1. The van der Waals surface area contributed by atoms with Crippen molar-refractivity contribution in [1.82, 2.24) is 20.4 Å². The highest BCUT2D eigenvalue weighted by atomic mass is 16.2. The number of hydrogen-bond acceptors (Lipinski definition) is 3. The number of likely N-dealkylation sites (tertiary alicyclic amines) is 1. The van der Waals surface area contributed by atoms with Crippen LogP contribution < -0.4 is 5.32 Å².